The van der Waals surface area contributed by atoms with E-state index in [1.165, 1.54) is 0 Å². The van der Waals surface area contributed by atoms with Gasteiger partial charge in [-0.05, 0) is 49.2 Å². The van der Waals surface area contributed by atoms with E-state index in [-0.39, 0.29) is 37.1 Å². The summed E-state index contributed by atoms with van der Waals surface area (Å²) in [5, 5.41) is 3.54. The number of halogens is 6. The van der Waals surface area contributed by atoms with Gasteiger partial charge >= 0.3 is 6.18 Å². The Bertz CT molecular complexity index is 1050. The Labute approximate surface area is 197 Å². The van der Waals surface area contributed by atoms with Crippen LogP contribution in [-0.4, -0.2) is 81.5 Å². The van der Waals surface area contributed by atoms with Gasteiger partial charge in [0, 0.05) is 19.0 Å². The highest BCUT2D eigenvalue weighted by Crippen LogP contribution is 2.61. The van der Waals surface area contributed by atoms with Gasteiger partial charge in [0.2, 0.25) is 5.91 Å². The fraction of sp³-hybridized carbons (Fsp3) is 0.682. The Hall–Kier alpha value is -2.17. The third-order valence-corrected chi connectivity index (χ3v) is 8.30. The number of amides is 2. The highest BCUT2D eigenvalue weighted by molar-refractivity contribution is 6.52. The maximum Gasteiger partial charge on any atom is 0.433 e. The van der Waals surface area contributed by atoms with Crippen molar-refractivity contribution >= 4 is 29.1 Å². The lowest BCUT2D eigenvalue weighted by Gasteiger charge is -2.40. The van der Waals surface area contributed by atoms with Crippen molar-refractivity contribution in [1.82, 2.24) is 14.8 Å². The normalized spacial score (nSPS) is 36.6. The predicted molar refractivity (Wildman–Crippen MR) is 111 cm³/mol. The summed E-state index contributed by atoms with van der Waals surface area (Å²) < 4.78 is 70.2. The van der Waals surface area contributed by atoms with Gasteiger partial charge in [0.05, 0.1) is 12.1 Å². The molecule has 3 saturated carbocycles. The quantitative estimate of drug-likeness (QED) is 0.438. The molecule has 6 nitrogen and oxygen atoms in total. The molecule has 6 aliphatic rings. The standard InChI is InChI=1S/C22H22ClF5N4O2/c23-18-14-6-11(10-1-2-10)7-16(22(26,27)28)32(14)29-19(18)20(34)30-3-4-31(17(33)9-30)15-8-12-5-13(12)21(15,24)25/h6-7,10,12-15,18H,1-5,8-9H2/t12-,13-,14?,15-,18?/m0/s1. The highest BCUT2D eigenvalue weighted by Gasteiger charge is 2.67. The van der Waals surface area contributed by atoms with Crippen LogP contribution in [-0.2, 0) is 9.59 Å². The second kappa shape index (κ2) is 7.18. The first-order chi connectivity index (χ1) is 16.0. The topological polar surface area (TPSA) is 56.2 Å². The first-order valence-electron chi connectivity index (χ1n) is 11.5. The predicted octanol–water partition coefficient (Wildman–Crippen LogP) is 3.14. The van der Waals surface area contributed by atoms with E-state index in [1.807, 2.05) is 0 Å². The Morgan fingerprint density at radius 1 is 1.18 bits per heavy atom. The van der Waals surface area contributed by atoms with Crippen molar-refractivity contribution in [3.8, 4) is 0 Å². The van der Waals surface area contributed by atoms with Crippen LogP contribution in [0.4, 0.5) is 22.0 Å². The van der Waals surface area contributed by atoms with Crippen molar-refractivity contribution in [2.75, 3.05) is 19.6 Å². The zero-order chi connectivity index (χ0) is 24.2. The van der Waals surface area contributed by atoms with Gasteiger partial charge in [0.15, 0.2) is 0 Å². The van der Waals surface area contributed by atoms with Crippen LogP contribution in [0.15, 0.2) is 28.5 Å². The Balaban J connectivity index is 1.19. The van der Waals surface area contributed by atoms with Crippen molar-refractivity contribution in [3.05, 3.63) is 23.4 Å². The SMILES string of the molecule is O=C(C1=NN2C(C(F)(F)F)=CC(C3CC3)=CC2C1Cl)N1CCN([C@H]2C[C@@H]3C[C@@H]3C2(F)F)C(=O)C1. The Kier molecular flexibility index (Phi) is 4.71. The summed E-state index contributed by atoms with van der Waals surface area (Å²) in [6.45, 7) is -0.499. The largest absolute Gasteiger partial charge is 0.433 e. The van der Waals surface area contributed by atoms with Gasteiger partial charge in [-0.3, -0.25) is 14.6 Å². The number of hydrogen-bond donors (Lipinski definition) is 0. The molecule has 0 aromatic heterocycles. The molecule has 0 N–H and O–H groups in total. The number of carbonyl (C=O) groups is 2. The van der Waals surface area contributed by atoms with E-state index in [4.69, 9.17) is 11.6 Å². The molecule has 12 heteroatoms. The molecule has 6 rings (SSSR count). The number of hydrazone groups is 1. The third kappa shape index (κ3) is 3.37. The summed E-state index contributed by atoms with van der Waals surface area (Å²) in [4.78, 5) is 28.1. The minimum absolute atomic E-state index is 0.00902. The Morgan fingerprint density at radius 2 is 1.91 bits per heavy atom. The first-order valence-corrected chi connectivity index (χ1v) is 11.9. The Morgan fingerprint density at radius 3 is 2.50 bits per heavy atom. The van der Waals surface area contributed by atoms with Crippen LogP contribution < -0.4 is 0 Å². The lowest BCUT2D eigenvalue weighted by molar-refractivity contribution is -0.154. The van der Waals surface area contributed by atoms with Gasteiger partial charge in [0.1, 0.15) is 23.3 Å². The van der Waals surface area contributed by atoms with Crippen LogP contribution in [0.1, 0.15) is 25.7 Å². The first kappa shape index (κ1) is 22.3. The van der Waals surface area contributed by atoms with E-state index >= 15 is 0 Å². The molecule has 0 bridgehead atoms. The van der Waals surface area contributed by atoms with Gasteiger partial charge in [-0.15, -0.1) is 11.6 Å². The maximum absolute atomic E-state index is 14.5. The zero-order valence-corrected chi connectivity index (χ0v) is 18.7. The van der Waals surface area contributed by atoms with Crippen LogP contribution in [0.2, 0.25) is 0 Å². The summed E-state index contributed by atoms with van der Waals surface area (Å²) in [5.41, 5.74) is -0.704. The van der Waals surface area contributed by atoms with E-state index in [2.05, 4.69) is 5.10 Å². The molecule has 2 unspecified atom stereocenters. The van der Waals surface area contributed by atoms with Crippen LogP contribution in [0, 0.1) is 17.8 Å². The smallest absolute Gasteiger partial charge is 0.330 e. The molecule has 1 saturated heterocycles. The molecule has 184 valence electrons. The van der Waals surface area contributed by atoms with Gasteiger partial charge in [-0.1, -0.05) is 6.08 Å². The summed E-state index contributed by atoms with van der Waals surface area (Å²) in [5.74, 6) is -4.95. The van der Waals surface area contributed by atoms with E-state index in [0.29, 0.717) is 12.0 Å². The van der Waals surface area contributed by atoms with Crippen LogP contribution in [0.3, 0.4) is 0 Å². The molecule has 3 aliphatic heterocycles. The molecule has 3 aliphatic carbocycles. The minimum atomic E-state index is -4.68. The van der Waals surface area contributed by atoms with Crippen molar-refractivity contribution < 1.29 is 31.5 Å². The van der Waals surface area contributed by atoms with Gasteiger partial charge in [-0.25, -0.2) is 8.78 Å². The number of rotatable bonds is 3. The highest BCUT2D eigenvalue weighted by atomic mass is 35.5. The molecule has 5 atom stereocenters. The number of hydrogen-bond acceptors (Lipinski definition) is 4. The van der Waals surface area contributed by atoms with Crippen molar-refractivity contribution in [2.24, 2.45) is 22.9 Å². The lowest BCUT2D eigenvalue weighted by atomic mass is 9.98. The van der Waals surface area contributed by atoms with E-state index in [0.717, 1.165) is 33.7 Å². The minimum Gasteiger partial charge on any atom is -0.330 e. The second-order valence-corrected chi connectivity index (χ2v) is 10.5. The van der Waals surface area contributed by atoms with Crippen LogP contribution in [0.25, 0.3) is 0 Å². The van der Waals surface area contributed by atoms with Gasteiger partial charge in [-0.2, -0.15) is 18.3 Å². The van der Waals surface area contributed by atoms with Crippen molar-refractivity contribution in [3.63, 3.8) is 0 Å². The number of allylic oxidation sites excluding steroid dienone is 3. The number of piperazine rings is 1. The molecular weight excluding hydrogens is 483 g/mol. The maximum atomic E-state index is 14.5. The number of carbonyl (C=O) groups excluding carboxylic acids is 2. The van der Waals surface area contributed by atoms with E-state index < -0.39 is 59.5 Å². The average Bonchev–Trinajstić information content (AvgIpc) is 3.68. The zero-order valence-electron chi connectivity index (χ0n) is 17.9. The van der Waals surface area contributed by atoms with Gasteiger partial charge < -0.3 is 9.80 Å². The molecule has 4 fully saturated rings. The molecule has 0 aromatic rings. The number of nitrogens with zero attached hydrogens (tertiary/aromatic N) is 4. The van der Waals surface area contributed by atoms with Gasteiger partial charge in [0.25, 0.3) is 11.8 Å². The van der Waals surface area contributed by atoms with Crippen molar-refractivity contribution in [2.45, 2.75) is 55.2 Å². The third-order valence-electron chi connectivity index (χ3n) is 7.84. The molecule has 0 radical (unpaired) electrons. The van der Waals surface area contributed by atoms with E-state index in [1.54, 1.807) is 6.08 Å². The van der Waals surface area contributed by atoms with E-state index in [9.17, 15) is 31.5 Å². The molecular formula is C22H22ClF5N4O2. The van der Waals surface area contributed by atoms with Crippen LogP contribution >= 0.6 is 11.6 Å². The number of fused-ring (bicyclic) bond motifs is 2. The molecule has 3 heterocycles. The van der Waals surface area contributed by atoms with Crippen LogP contribution in [0.5, 0.6) is 0 Å². The summed E-state index contributed by atoms with van der Waals surface area (Å²) >= 11 is 6.44. The average molecular weight is 505 g/mol. The molecule has 0 aromatic carbocycles. The second-order valence-electron chi connectivity index (χ2n) is 10.0. The fourth-order valence-electron chi connectivity index (χ4n) is 5.76. The fourth-order valence-corrected chi connectivity index (χ4v) is 6.08. The monoisotopic (exact) mass is 504 g/mol. The van der Waals surface area contributed by atoms with Crippen molar-refractivity contribution in [1.29, 1.82) is 0 Å². The molecule has 0 spiro atoms. The summed E-state index contributed by atoms with van der Waals surface area (Å²) in [6, 6.07) is -2.12. The lowest BCUT2D eigenvalue weighted by Crippen LogP contribution is -2.60. The molecule has 2 amide bonds. The summed E-state index contributed by atoms with van der Waals surface area (Å²) in [7, 11) is 0. The number of alkyl halides is 6. The molecule has 34 heavy (non-hydrogen) atoms. The summed E-state index contributed by atoms with van der Waals surface area (Å²) in [6.07, 6.45) is 0.346.